The summed E-state index contributed by atoms with van der Waals surface area (Å²) in [5, 5.41) is 0.691. The summed E-state index contributed by atoms with van der Waals surface area (Å²) in [6.45, 7) is 0. The van der Waals surface area contributed by atoms with Crippen molar-refractivity contribution in [2.45, 2.75) is 14.1 Å². The molecule has 0 saturated heterocycles. The number of aromatic nitrogens is 1. The van der Waals surface area contributed by atoms with E-state index in [4.69, 9.17) is 39.5 Å². The molecule has 0 atom stereocenters. The molecule has 4 rings (SSSR count). The van der Waals surface area contributed by atoms with Gasteiger partial charge in [-0.1, -0.05) is 46.6 Å². The van der Waals surface area contributed by atoms with Gasteiger partial charge < -0.3 is 4.74 Å². The van der Waals surface area contributed by atoms with Gasteiger partial charge in [-0.3, -0.25) is 4.72 Å². The molecule has 33 heavy (non-hydrogen) atoms. The zero-order valence-electron chi connectivity index (χ0n) is 16.6. The molecule has 1 aromatic heterocycles. The number of hydrogen-bond donors (Lipinski definition) is 1. The van der Waals surface area contributed by atoms with E-state index < -0.39 is 16.0 Å². The third-order valence-corrected chi connectivity index (χ3v) is 9.05. The lowest BCUT2D eigenvalue weighted by Gasteiger charge is -2.11. The summed E-state index contributed by atoms with van der Waals surface area (Å²) >= 11 is 21.1. The van der Waals surface area contributed by atoms with E-state index >= 15 is 0 Å². The Balaban J connectivity index is 1.55. The van der Waals surface area contributed by atoms with E-state index in [1.165, 1.54) is 54.5 Å². The highest BCUT2D eigenvalue weighted by molar-refractivity contribution is 8.01. The number of sulfonamides is 1. The number of carbonyl (C=O) groups is 1. The number of benzene rings is 3. The zero-order valence-corrected chi connectivity index (χ0v) is 21.4. The van der Waals surface area contributed by atoms with Gasteiger partial charge in [0.1, 0.15) is 4.90 Å². The largest absolute Gasteiger partial charge is 0.465 e. The summed E-state index contributed by atoms with van der Waals surface area (Å²) in [6, 6.07) is 14.1. The molecule has 12 heteroatoms. The standard InChI is InChI=1S/C21H13Cl3N2O4S3/c1-30-20(27)11-2-5-18-16(8-11)25-21(32-18)31-17-6-4-13(10-14(17)23)26-33(28,29)19-7-3-12(22)9-15(19)24/h2-10,26H,1H3. The van der Waals surface area contributed by atoms with E-state index in [0.717, 1.165) is 9.04 Å². The van der Waals surface area contributed by atoms with Crippen LogP contribution >= 0.6 is 57.9 Å². The summed E-state index contributed by atoms with van der Waals surface area (Å²) in [7, 11) is -2.61. The first-order chi connectivity index (χ1) is 15.7. The highest BCUT2D eigenvalue weighted by Crippen LogP contribution is 2.39. The lowest BCUT2D eigenvalue weighted by molar-refractivity contribution is 0.0601. The van der Waals surface area contributed by atoms with Crippen LogP contribution in [0.15, 0.2) is 68.7 Å². The van der Waals surface area contributed by atoms with E-state index in [9.17, 15) is 13.2 Å². The molecule has 0 unspecified atom stereocenters. The molecule has 0 radical (unpaired) electrons. The van der Waals surface area contributed by atoms with Crippen LogP contribution in [0.2, 0.25) is 15.1 Å². The normalized spacial score (nSPS) is 11.5. The van der Waals surface area contributed by atoms with Crippen molar-refractivity contribution in [3.05, 3.63) is 75.2 Å². The number of nitrogens with one attached hydrogen (secondary N) is 1. The van der Waals surface area contributed by atoms with Gasteiger partial charge in [0, 0.05) is 9.92 Å². The van der Waals surface area contributed by atoms with Crippen molar-refractivity contribution in [2.24, 2.45) is 0 Å². The molecular formula is C21H13Cl3N2O4S3. The second kappa shape index (κ2) is 9.69. The van der Waals surface area contributed by atoms with Gasteiger partial charge in [0.05, 0.1) is 38.6 Å². The molecule has 0 bridgehead atoms. The lowest BCUT2D eigenvalue weighted by atomic mass is 10.2. The minimum Gasteiger partial charge on any atom is -0.465 e. The fourth-order valence-corrected chi connectivity index (χ4v) is 6.97. The molecule has 1 N–H and O–H groups in total. The van der Waals surface area contributed by atoms with Crippen LogP contribution in [0, 0.1) is 0 Å². The van der Waals surface area contributed by atoms with Crippen LogP contribution in [0.3, 0.4) is 0 Å². The van der Waals surface area contributed by atoms with Gasteiger partial charge >= 0.3 is 5.97 Å². The molecule has 6 nitrogen and oxygen atoms in total. The molecule has 170 valence electrons. The maximum Gasteiger partial charge on any atom is 0.337 e. The number of esters is 1. The van der Waals surface area contributed by atoms with Crippen molar-refractivity contribution >= 4 is 89.8 Å². The Morgan fingerprint density at radius 1 is 1.03 bits per heavy atom. The first-order valence-electron chi connectivity index (χ1n) is 9.10. The Bertz CT molecular complexity index is 1490. The summed E-state index contributed by atoms with van der Waals surface area (Å²) in [5.41, 5.74) is 1.37. The fraction of sp³-hybridized carbons (Fsp3) is 0.0476. The van der Waals surface area contributed by atoms with Gasteiger partial charge in [-0.25, -0.2) is 18.2 Å². The zero-order chi connectivity index (χ0) is 23.8. The fourth-order valence-electron chi connectivity index (χ4n) is 2.84. The Hall–Kier alpha value is -2.01. The van der Waals surface area contributed by atoms with Gasteiger partial charge in [-0.15, -0.1) is 11.3 Å². The number of anilines is 1. The minimum atomic E-state index is -3.93. The van der Waals surface area contributed by atoms with Crippen LogP contribution in [0.4, 0.5) is 5.69 Å². The van der Waals surface area contributed by atoms with Crippen LogP contribution in [0.5, 0.6) is 0 Å². The van der Waals surface area contributed by atoms with Crippen molar-refractivity contribution < 1.29 is 17.9 Å². The highest BCUT2D eigenvalue weighted by Gasteiger charge is 2.19. The molecule has 4 aromatic rings. The maximum absolute atomic E-state index is 12.7. The molecule has 0 aliphatic rings. The monoisotopic (exact) mass is 558 g/mol. The van der Waals surface area contributed by atoms with Gasteiger partial charge in [0.2, 0.25) is 0 Å². The average molecular weight is 560 g/mol. The smallest absolute Gasteiger partial charge is 0.337 e. The number of methoxy groups -OCH3 is 1. The van der Waals surface area contributed by atoms with E-state index in [1.54, 1.807) is 24.3 Å². The number of thiazole rings is 1. The first kappa shape index (κ1) is 24.1. The van der Waals surface area contributed by atoms with Crippen LogP contribution in [0.1, 0.15) is 10.4 Å². The van der Waals surface area contributed by atoms with E-state index in [1.807, 2.05) is 6.07 Å². The van der Waals surface area contributed by atoms with Crippen LogP contribution in [0.25, 0.3) is 10.2 Å². The predicted octanol–water partition coefficient (Wildman–Crippen LogP) is 7.00. The summed E-state index contributed by atoms with van der Waals surface area (Å²) in [6.07, 6.45) is 0. The number of rotatable bonds is 6. The molecule has 0 spiro atoms. The second-order valence-corrected chi connectivity index (χ2v) is 11.8. The Morgan fingerprint density at radius 2 is 1.82 bits per heavy atom. The van der Waals surface area contributed by atoms with Gasteiger partial charge in [0.25, 0.3) is 10.0 Å². The van der Waals surface area contributed by atoms with Gasteiger partial charge in [-0.2, -0.15) is 0 Å². The van der Waals surface area contributed by atoms with E-state index in [0.29, 0.717) is 26.0 Å². The molecule has 0 aliphatic heterocycles. The van der Waals surface area contributed by atoms with Crippen molar-refractivity contribution in [3.63, 3.8) is 0 Å². The van der Waals surface area contributed by atoms with Crippen molar-refractivity contribution in [2.75, 3.05) is 11.8 Å². The minimum absolute atomic E-state index is 0.0134. The molecule has 0 aliphatic carbocycles. The van der Waals surface area contributed by atoms with Crippen molar-refractivity contribution in [3.8, 4) is 0 Å². The second-order valence-electron chi connectivity index (χ2n) is 6.58. The van der Waals surface area contributed by atoms with E-state index in [2.05, 4.69) is 9.71 Å². The highest BCUT2D eigenvalue weighted by atomic mass is 35.5. The number of hydrogen-bond acceptors (Lipinski definition) is 7. The summed E-state index contributed by atoms with van der Waals surface area (Å²) in [5.74, 6) is -0.430. The molecular weight excluding hydrogens is 547 g/mol. The van der Waals surface area contributed by atoms with Crippen LogP contribution in [-0.2, 0) is 14.8 Å². The molecule has 0 saturated carbocycles. The Morgan fingerprint density at radius 3 is 2.52 bits per heavy atom. The maximum atomic E-state index is 12.7. The third-order valence-electron chi connectivity index (χ3n) is 4.35. The number of fused-ring (bicyclic) bond motifs is 1. The number of carbonyl (C=O) groups excluding carboxylic acids is 1. The topological polar surface area (TPSA) is 85.4 Å². The summed E-state index contributed by atoms with van der Waals surface area (Å²) in [4.78, 5) is 16.9. The average Bonchev–Trinajstić information content (AvgIpc) is 3.16. The molecule has 3 aromatic carbocycles. The number of nitrogens with zero attached hydrogens (tertiary/aromatic N) is 1. The quantitative estimate of drug-likeness (QED) is 0.256. The van der Waals surface area contributed by atoms with E-state index in [-0.39, 0.29) is 15.6 Å². The summed E-state index contributed by atoms with van der Waals surface area (Å²) < 4.78 is 34.2. The van der Waals surface area contributed by atoms with Crippen LogP contribution in [-0.4, -0.2) is 26.5 Å². The Labute approximate surface area is 212 Å². The third kappa shape index (κ3) is 5.40. The van der Waals surface area contributed by atoms with Crippen molar-refractivity contribution in [1.82, 2.24) is 4.98 Å². The first-order valence-corrected chi connectivity index (χ1v) is 13.4. The molecule has 0 fully saturated rings. The SMILES string of the molecule is COC(=O)c1ccc2sc(Sc3ccc(NS(=O)(=O)c4ccc(Cl)cc4Cl)cc3Cl)nc2c1. The molecule has 1 heterocycles. The number of ether oxygens (including phenoxy) is 1. The predicted molar refractivity (Wildman–Crippen MR) is 134 cm³/mol. The van der Waals surface area contributed by atoms with Crippen molar-refractivity contribution in [1.29, 1.82) is 0 Å². The van der Waals surface area contributed by atoms with Gasteiger partial charge in [0.15, 0.2) is 4.34 Å². The Kier molecular flexibility index (Phi) is 7.09. The number of halogens is 3. The van der Waals surface area contributed by atoms with Crippen LogP contribution < -0.4 is 4.72 Å². The van der Waals surface area contributed by atoms with Gasteiger partial charge in [-0.05, 0) is 54.6 Å². The molecule has 0 amide bonds. The lowest BCUT2D eigenvalue weighted by Crippen LogP contribution is -2.13.